The Kier molecular flexibility index (Phi) is 4.96. The maximum Gasteiger partial charge on any atom is 0.326 e. The zero-order chi connectivity index (χ0) is 20.5. The minimum Gasteiger partial charge on any atom is -0.480 e. The summed E-state index contributed by atoms with van der Waals surface area (Å²) >= 11 is 0. The molecule has 2 aromatic rings. The fourth-order valence-electron chi connectivity index (χ4n) is 3.95. The highest BCUT2D eigenvalue weighted by Crippen LogP contribution is 2.34. The molecule has 0 saturated carbocycles. The van der Waals surface area contributed by atoms with Crippen LogP contribution in [0.15, 0.2) is 48.5 Å². The number of para-hydroxylation sites is 2. The lowest BCUT2D eigenvalue weighted by atomic mass is 9.93. The number of benzene rings is 2. The molecule has 7 nitrogen and oxygen atoms in total. The lowest BCUT2D eigenvalue weighted by Crippen LogP contribution is -2.50. The molecule has 2 amide bonds. The van der Waals surface area contributed by atoms with Crippen molar-refractivity contribution in [1.29, 1.82) is 0 Å². The Morgan fingerprint density at radius 3 is 2.55 bits per heavy atom. The topological polar surface area (TPSA) is 87.2 Å². The molecular weight excluding hydrogens is 372 g/mol. The Morgan fingerprint density at radius 1 is 1.10 bits per heavy atom. The second kappa shape index (κ2) is 7.58. The van der Waals surface area contributed by atoms with E-state index < -0.39 is 18.1 Å². The van der Waals surface area contributed by atoms with Crippen LogP contribution >= 0.6 is 0 Å². The van der Waals surface area contributed by atoms with Gasteiger partial charge in [-0.15, -0.1) is 0 Å². The van der Waals surface area contributed by atoms with Crippen molar-refractivity contribution in [3.05, 3.63) is 59.7 Å². The molecule has 0 spiro atoms. The molecule has 150 valence electrons. The monoisotopic (exact) mass is 394 g/mol. The second-order valence-electron chi connectivity index (χ2n) is 7.32. The summed E-state index contributed by atoms with van der Waals surface area (Å²) in [4.78, 5) is 40.3. The quantitative estimate of drug-likeness (QED) is 0.859. The van der Waals surface area contributed by atoms with E-state index in [-0.39, 0.29) is 37.7 Å². The van der Waals surface area contributed by atoms with Crippen molar-refractivity contribution in [2.75, 3.05) is 11.4 Å². The van der Waals surface area contributed by atoms with Crippen LogP contribution in [-0.2, 0) is 27.3 Å². The zero-order valence-electron chi connectivity index (χ0n) is 16.1. The molecular formula is C22H22N2O5. The molecule has 0 aliphatic carbocycles. The van der Waals surface area contributed by atoms with Crippen molar-refractivity contribution in [2.24, 2.45) is 0 Å². The molecule has 0 bridgehead atoms. The fourth-order valence-corrected chi connectivity index (χ4v) is 3.95. The van der Waals surface area contributed by atoms with Crippen LogP contribution in [0.25, 0.3) is 0 Å². The van der Waals surface area contributed by atoms with Crippen LogP contribution in [0.1, 0.15) is 24.5 Å². The third kappa shape index (κ3) is 3.55. The Balaban J connectivity index is 1.52. The first kappa shape index (κ1) is 19.0. The number of ether oxygens (including phenoxy) is 1. The van der Waals surface area contributed by atoms with Gasteiger partial charge in [-0.1, -0.05) is 36.4 Å². The van der Waals surface area contributed by atoms with E-state index in [0.717, 1.165) is 11.1 Å². The number of nitrogens with zero attached hydrogens (tertiary/aromatic N) is 2. The van der Waals surface area contributed by atoms with Gasteiger partial charge in [0.1, 0.15) is 11.8 Å². The molecule has 2 atom stereocenters. The number of carbonyl (C=O) groups excluding carboxylic acids is 2. The van der Waals surface area contributed by atoms with Gasteiger partial charge in [-0.05, 0) is 30.2 Å². The van der Waals surface area contributed by atoms with E-state index >= 15 is 0 Å². The van der Waals surface area contributed by atoms with Crippen LogP contribution in [0.2, 0.25) is 0 Å². The van der Waals surface area contributed by atoms with Crippen molar-refractivity contribution < 1.29 is 24.2 Å². The minimum atomic E-state index is -1.02. The molecule has 2 aliphatic heterocycles. The molecule has 1 N–H and O–H groups in total. The van der Waals surface area contributed by atoms with Crippen LogP contribution in [0.4, 0.5) is 5.69 Å². The van der Waals surface area contributed by atoms with Gasteiger partial charge in [-0.2, -0.15) is 0 Å². The lowest BCUT2D eigenvalue weighted by Gasteiger charge is -2.36. The number of amides is 2. The van der Waals surface area contributed by atoms with E-state index in [9.17, 15) is 19.5 Å². The van der Waals surface area contributed by atoms with Gasteiger partial charge in [-0.3, -0.25) is 9.59 Å². The largest absolute Gasteiger partial charge is 0.480 e. The Morgan fingerprint density at radius 2 is 1.79 bits per heavy atom. The summed E-state index contributed by atoms with van der Waals surface area (Å²) in [5.41, 5.74) is 2.54. The normalized spacial score (nSPS) is 20.5. The molecule has 0 radical (unpaired) electrons. The van der Waals surface area contributed by atoms with E-state index in [1.165, 1.54) is 4.90 Å². The lowest BCUT2D eigenvalue weighted by molar-refractivity contribution is -0.151. The maximum atomic E-state index is 13.0. The third-order valence-corrected chi connectivity index (χ3v) is 5.48. The predicted molar refractivity (Wildman–Crippen MR) is 106 cm³/mol. The van der Waals surface area contributed by atoms with Gasteiger partial charge in [0.05, 0.1) is 5.69 Å². The first-order valence-corrected chi connectivity index (χ1v) is 9.62. The molecule has 29 heavy (non-hydrogen) atoms. The number of carbonyl (C=O) groups is 3. The number of fused-ring (bicyclic) bond motifs is 2. The molecule has 2 heterocycles. The second-order valence-corrected chi connectivity index (χ2v) is 7.32. The molecule has 0 unspecified atom stereocenters. The zero-order valence-corrected chi connectivity index (χ0v) is 16.1. The van der Waals surface area contributed by atoms with E-state index in [1.807, 2.05) is 36.4 Å². The number of rotatable bonds is 4. The average molecular weight is 394 g/mol. The van der Waals surface area contributed by atoms with E-state index in [2.05, 4.69) is 0 Å². The van der Waals surface area contributed by atoms with Crippen LogP contribution in [0.3, 0.4) is 0 Å². The van der Waals surface area contributed by atoms with E-state index in [0.29, 0.717) is 11.4 Å². The number of carboxylic acids is 1. The summed E-state index contributed by atoms with van der Waals surface area (Å²) in [5, 5.41) is 9.63. The molecule has 0 aromatic heterocycles. The SMILES string of the molecule is C[C@H]1Oc2ccccc2N(CCC(=O)N2Cc3ccccc3C[C@@H]2C(=O)O)C1=O. The van der Waals surface area contributed by atoms with Gasteiger partial charge in [0.25, 0.3) is 5.91 Å². The summed E-state index contributed by atoms with van der Waals surface area (Å²) in [7, 11) is 0. The van der Waals surface area contributed by atoms with Crippen molar-refractivity contribution in [2.45, 2.75) is 38.5 Å². The van der Waals surface area contributed by atoms with Crippen molar-refractivity contribution >= 4 is 23.5 Å². The smallest absolute Gasteiger partial charge is 0.326 e. The highest BCUT2D eigenvalue weighted by atomic mass is 16.5. The number of hydrogen-bond donors (Lipinski definition) is 1. The summed E-state index contributed by atoms with van der Waals surface area (Å²) in [6.07, 6.45) is -0.305. The highest BCUT2D eigenvalue weighted by Gasteiger charge is 2.36. The fraction of sp³-hybridized carbons (Fsp3) is 0.318. The molecule has 7 heteroatoms. The highest BCUT2D eigenvalue weighted by molar-refractivity contribution is 6.00. The van der Waals surface area contributed by atoms with Crippen molar-refractivity contribution in [3.63, 3.8) is 0 Å². The van der Waals surface area contributed by atoms with Gasteiger partial charge in [-0.25, -0.2) is 4.79 Å². The number of anilines is 1. The summed E-state index contributed by atoms with van der Waals surface area (Å²) in [6, 6.07) is 13.9. The predicted octanol–water partition coefficient (Wildman–Crippen LogP) is 2.23. The molecule has 0 saturated heterocycles. The Bertz CT molecular complexity index is 973. The average Bonchev–Trinajstić information content (AvgIpc) is 2.73. The van der Waals surface area contributed by atoms with E-state index in [4.69, 9.17) is 4.74 Å². The third-order valence-electron chi connectivity index (χ3n) is 5.48. The van der Waals surface area contributed by atoms with Crippen LogP contribution in [-0.4, -0.2) is 46.5 Å². The first-order chi connectivity index (χ1) is 14.0. The summed E-state index contributed by atoms with van der Waals surface area (Å²) in [6.45, 7) is 2.11. The van der Waals surface area contributed by atoms with E-state index in [1.54, 1.807) is 24.0 Å². The van der Waals surface area contributed by atoms with Crippen LogP contribution in [0, 0.1) is 0 Å². The molecule has 0 fully saturated rings. The number of aliphatic carboxylic acids is 1. The van der Waals surface area contributed by atoms with Gasteiger partial charge < -0.3 is 19.6 Å². The summed E-state index contributed by atoms with van der Waals surface area (Å²) < 4.78 is 5.62. The first-order valence-electron chi connectivity index (χ1n) is 9.62. The van der Waals surface area contributed by atoms with Crippen LogP contribution < -0.4 is 9.64 Å². The summed E-state index contributed by atoms with van der Waals surface area (Å²) in [5.74, 6) is -0.914. The maximum absolute atomic E-state index is 13.0. The standard InChI is InChI=1S/C22H22N2O5/c1-14-21(26)23(17-8-4-5-9-19(17)29-14)11-10-20(25)24-13-16-7-3-2-6-15(16)12-18(24)22(27)28/h2-9,14,18H,10-13H2,1H3,(H,27,28)/t14-,18-/m1/s1. The Labute approximate surface area is 168 Å². The van der Waals surface area contributed by atoms with Gasteiger partial charge in [0.2, 0.25) is 5.91 Å². The van der Waals surface area contributed by atoms with Gasteiger partial charge >= 0.3 is 5.97 Å². The van der Waals surface area contributed by atoms with Gasteiger partial charge in [0.15, 0.2) is 6.10 Å². The number of carboxylic acid groups (broad SMARTS) is 1. The van der Waals surface area contributed by atoms with Crippen molar-refractivity contribution in [3.8, 4) is 5.75 Å². The number of hydrogen-bond acceptors (Lipinski definition) is 4. The minimum absolute atomic E-state index is 0.0404. The van der Waals surface area contributed by atoms with Crippen LogP contribution in [0.5, 0.6) is 5.75 Å². The molecule has 2 aliphatic rings. The molecule has 4 rings (SSSR count). The molecule has 2 aromatic carbocycles. The Hall–Kier alpha value is -3.35. The van der Waals surface area contributed by atoms with Gasteiger partial charge in [0, 0.05) is 25.9 Å². The van der Waals surface area contributed by atoms with Crippen molar-refractivity contribution in [1.82, 2.24) is 4.90 Å².